The molecule has 3 aromatic rings. The molecule has 2 aromatic carbocycles. The van der Waals surface area contributed by atoms with Gasteiger partial charge in [-0.3, -0.25) is 14.9 Å². The number of hydrogen-bond acceptors (Lipinski definition) is 5. The molecule has 1 heterocycles. The molecule has 0 spiro atoms. The molecule has 0 radical (unpaired) electrons. The molecule has 1 N–H and O–H groups in total. The van der Waals surface area contributed by atoms with Gasteiger partial charge in [-0.15, -0.1) is 0 Å². The fourth-order valence-corrected chi connectivity index (χ4v) is 2.56. The number of amides is 1. The van der Waals surface area contributed by atoms with Crippen molar-refractivity contribution in [3.63, 3.8) is 0 Å². The molecular formula is C20H17N3O4. The summed E-state index contributed by atoms with van der Waals surface area (Å²) in [6, 6.07) is 17.5. The van der Waals surface area contributed by atoms with Crippen LogP contribution in [0, 0.1) is 17.0 Å². The summed E-state index contributed by atoms with van der Waals surface area (Å²) in [6.07, 6.45) is 1.57. The molecule has 136 valence electrons. The van der Waals surface area contributed by atoms with Crippen LogP contribution in [0.25, 0.3) is 11.3 Å². The first-order valence-electron chi connectivity index (χ1n) is 8.24. The van der Waals surface area contributed by atoms with Gasteiger partial charge in [-0.2, -0.15) is 5.10 Å². The van der Waals surface area contributed by atoms with Gasteiger partial charge in [-0.1, -0.05) is 36.4 Å². The average Bonchev–Trinajstić information content (AvgIpc) is 3.11. The van der Waals surface area contributed by atoms with Crippen LogP contribution < -0.4 is 5.43 Å². The smallest absolute Gasteiger partial charge is 0.280 e. The van der Waals surface area contributed by atoms with E-state index in [-0.39, 0.29) is 18.0 Å². The Morgan fingerprint density at radius 1 is 1.19 bits per heavy atom. The van der Waals surface area contributed by atoms with Gasteiger partial charge in [0.1, 0.15) is 11.5 Å². The Bertz CT molecular complexity index is 993. The molecule has 0 atom stereocenters. The zero-order chi connectivity index (χ0) is 19.2. The molecular weight excluding hydrogens is 346 g/mol. The predicted octanol–water partition coefficient (Wildman–Crippen LogP) is 3.86. The lowest BCUT2D eigenvalue weighted by Gasteiger charge is -2.01. The van der Waals surface area contributed by atoms with E-state index in [0.717, 1.165) is 11.1 Å². The van der Waals surface area contributed by atoms with Crippen LogP contribution in [0.5, 0.6) is 0 Å². The third-order valence-electron chi connectivity index (χ3n) is 3.83. The van der Waals surface area contributed by atoms with E-state index in [1.165, 1.54) is 12.3 Å². The van der Waals surface area contributed by atoms with E-state index in [2.05, 4.69) is 10.5 Å². The van der Waals surface area contributed by atoms with Crippen molar-refractivity contribution >= 4 is 17.8 Å². The van der Waals surface area contributed by atoms with Crippen LogP contribution in [-0.2, 0) is 11.2 Å². The van der Waals surface area contributed by atoms with E-state index < -0.39 is 4.92 Å². The van der Waals surface area contributed by atoms with Crippen LogP contribution in [0.4, 0.5) is 5.69 Å². The van der Waals surface area contributed by atoms with Gasteiger partial charge in [0.25, 0.3) is 5.69 Å². The lowest BCUT2D eigenvalue weighted by molar-refractivity contribution is -0.384. The highest BCUT2D eigenvalue weighted by atomic mass is 16.6. The summed E-state index contributed by atoms with van der Waals surface area (Å²) < 4.78 is 5.60. The van der Waals surface area contributed by atoms with E-state index >= 15 is 0 Å². The Morgan fingerprint density at radius 3 is 2.70 bits per heavy atom. The monoisotopic (exact) mass is 363 g/mol. The van der Waals surface area contributed by atoms with Gasteiger partial charge in [0, 0.05) is 6.07 Å². The summed E-state index contributed by atoms with van der Waals surface area (Å²) in [7, 11) is 0. The van der Waals surface area contributed by atoms with Crippen LogP contribution in [0.3, 0.4) is 0 Å². The molecule has 0 aliphatic carbocycles. The number of carbonyl (C=O) groups excluding carboxylic acids is 1. The maximum absolute atomic E-state index is 11.9. The maximum atomic E-state index is 11.9. The molecule has 0 aliphatic heterocycles. The highest BCUT2D eigenvalue weighted by molar-refractivity contribution is 5.82. The second-order valence-corrected chi connectivity index (χ2v) is 5.94. The molecule has 3 rings (SSSR count). The summed E-state index contributed by atoms with van der Waals surface area (Å²) in [5.74, 6) is 0.483. The molecule has 0 saturated heterocycles. The molecule has 7 nitrogen and oxygen atoms in total. The number of rotatable bonds is 6. The number of nitrogens with one attached hydrogen (secondary N) is 1. The molecule has 0 fully saturated rings. The Balaban J connectivity index is 1.67. The first-order valence-corrected chi connectivity index (χ1v) is 8.24. The third kappa shape index (κ3) is 4.66. The van der Waals surface area contributed by atoms with Crippen LogP contribution in [0.15, 0.2) is 70.2 Å². The van der Waals surface area contributed by atoms with Gasteiger partial charge in [0.15, 0.2) is 0 Å². The largest absolute Gasteiger partial charge is 0.455 e. The van der Waals surface area contributed by atoms with E-state index in [1.807, 2.05) is 30.3 Å². The number of carbonyl (C=O) groups is 1. The summed E-state index contributed by atoms with van der Waals surface area (Å²) in [5, 5.41) is 15.1. The second-order valence-electron chi connectivity index (χ2n) is 5.94. The number of nitrogens with zero attached hydrogens (tertiary/aromatic N) is 2. The Morgan fingerprint density at radius 2 is 1.96 bits per heavy atom. The minimum absolute atomic E-state index is 0.0241. The van der Waals surface area contributed by atoms with Crippen molar-refractivity contribution in [2.45, 2.75) is 13.3 Å². The van der Waals surface area contributed by atoms with Crippen molar-refractivity contribution in [1.29, 1.82) is 0 Å². The first kappa shape index (κ1) is 18.1. The van der Waals surface area contributed by atoms with Crippen LogP contribution in [-0.4, -0.2) is 17.0 Å². The van der Waals surface area contributed by atoms with Gasteiger partial charge in [-0.25, -0.2) is 5.43 Å². The third-order valence-corrected chi connectivity index (χ3v) is 3.83. The SMILES string of the molecule is Cc1ccc(-c2ccc(/C=N\NC(=O)Cc3ccccc3)o2)c([N+](=O)[O-])c1. The molecule has 0 bridgehead atoms. The minimum Gasteiger partial charge on any atom is -0.455 e. The summed E-state index contributed by atoms with van der Waals surface area (Å²) in [6.45, 7) is 1.79. The number of aryl methyl sites for hydroxylation is 1. The molecule has 1 amide bonds. The number of furan rings is 1. The number of nitro benzene ring substituents is 1. The summed E-state index contributed by atoms with van der Waals surface area (Å²) >= 11 is 0. The number of nitro groups is 1. The van der Waals surface area contributed by atoms with E-state index in [0.29, 0.717) is 17.1 Å². The Kier molecular flexibility index (Phi) is 5.41. The topological polar surface area (TPSA) is 97.7 Å². The first-order chi connectivity index (χ1) is 13.0. The number of hydrazone groups is 1. The standard InChI is InChI=1S/C20H17N3O4/c1-14-7-9-17(18(11-14)23(25)26)19-10-8-16(27-19)13-21-22-20(24)12-15-5-3-2-4-6-15/h2-11,13H,12H2,1H3,(H,22,24)/b21-13-. The lowest BCUT2D eigenvalue weighted by Crippen LogP contribution is -2.19. The van der Waals surface area contributed by atoms with Crippen molar-refractivity contribution in [1.82, 2.24) is 5.43 Å². The van der Waals surface area contributed by atoms with Crippen LogP contribution in [0.2, 0.25) is 0 Å². The van der Waals surface area contributed by atoms with Crippen LogP contribution >= 0.6 is 0 Å². The molecule has 7 heteroatoms. The molecule has 0 aliphatic rings. The van der Waals surface area contributed by atoms with Crippen molar-refractivity contribution in [2.75, 3.05) is 0 Å². The van der Waals surface area contributed by atoms with Gasteiger partial charge < -0.3 is 4.42 Å². The molecule has 27 heavy (non-hydrogen) atoms. The van der Waals surface area contributed by atoms with Gasteiger partial charge in [-0.05, 0) is 36.2 Å². The summed E-state index contributed by atoms with van der Waals surface area (Å²) in [4.78, 5) is 22.6. The van der Waals surface area contributed by atoms with Crippen LogP contribution in [0.1, 0.15) is 16.9 Å². The normalized spacial score (nSPS) is 10.9. The Labute approximate surface area is 155 Å². The fourth-order valence-electron chi connectivity index (χ4n) is 2.56. The molecule has 1 aromatic heterocycles. The quantitative estimate of drug-likeness (QED) is 0.408. The summed E-state index contributed by atoms with van der Waals surface area (Å²) in [5.41, 5.74) is 4.47. The highest BCUT2D eigenvalue weighted by Gasteiger charge is 2.18. The number of benzene rings is 2. The second kappa shape index (κ2) is 8.09. The minimum atomic E-state index is -0.442. The van der Waals surface area contributed by atoms with E-state index in [4.69, 9.17) is 4.42 Å². The highest BCUT2D eigenvalue weighted by Crippen LogP contribution is 2.31. The van der Waals surface area contributed by atoms with Crippen molar-refractivity contribution < 1.29 is 14.1 Å². The zero-order valence-electron chi connectivity index (χ0n) is 14.6. The number of hydrogen-bond donors (Lipinski definition) is 1. The molecule has 0 saturated carbocycles. The van der Waals surface area contributed by atoms with Crippen molar-refractivity contribution in [3.05, 3.63) is 87.7 Å². The lowest BCUT2D eigenvalue weighted by atomic mass is 10.1. The Hall–Kier alpha value is -3.74. The van der Waals surface area contributed by atoms with Gasteiger partial charge in [0.05, 0.1) is 23.1 Å². The fraction of sp³-hybridized carbons (Fsp3) is 0.100. The zero-order valence-corrected chi connectivity index (χ0v) is 14.6. The van der Waals surface area contributed by atoms with Crippen molar-refractivity contribution in [3.8, 4) is 11.3 Å². The predicted molar refractivity (Wildman–Crippen MR) is 101 cm³/mol. The molecule has 0 unspecified atom stereocenters. The van der Waals surface area contributed by atoms with E-state index in [9.17, 15) is 14.9 Å². The maximum Gasteiger partial charge on any atom is 0.280 e. The average molecular weight is 363 g/mol. The van der Waals surface area contributed by atoms with Gasteiger partial charge >= 0.3 is 0 Å². The van der Waals surface area contributed by atoms with Crippen molar-refractivity contribution in [2.24, 2.45) is 5.10 Å². The van der Waals surface area contributed by atoms with Gasteiger partial charge in [0.2, 0.25) is 5.91 Å². The van der Waals surface area contributed by atoms with E-state index in [1.54, 1.807) is 31.2 Å².